The molecule has 1 atom stereocenters. The quantitative estimate of drug-likeness (QED) is 0.558. The van der Waals surface area contributed by atoms with Crippen LogP contribution in [0.25, 0.3) is 0 Å². The number of rotatable bonds is 7. The predicted molar refractivity (Wildman–Crippen MR) is 119 cm³/mol. The van der Waals surface area contributed by atoms with Crippen LogP contribution in [-0.2, 0) is 13.0 Å². The molecule has 0 bridgehead atoms. The number of ether oxygens (including phenoxy) is 1. The summed E-state index contributed by atoms with van der Waals surface area (Å²) in [6.45, 7) is 2.53. The van der Waals surface area contributed by atoms with Crippen LogP contribution in [0.5, 0.6) is 5.75 Å². The smallest absolute Gasteiger partial charge is 0.226 e. The van der Waals surface area contributed by atoms with Gasteiger partial charge in [-0.05, 0) is 30.0 Å². The largest absolute Gasteiger partial charge is 0.496 e. The number of aromatic nitrogens is 2. The van der Waals surface area contributed by atoms with Crippen molar-refractivity contribution in [3.63, 3.8) is 0 Å². The Morgan fingerprint density at radius 3 is 2.80 bits per heavy atom. The fourth-order valence-electron chi connectivity index (χ4n) is 4.21. The van der Waals surface area contributed by atoms with Gasteiger partial charge in [-0.3, -0.25) is 0 Å². The molecule has 0 aliphatic carbocycles. The van der Waals surface area contributed by atoms with Crippen LogP contribution >= 0.6 is 0 Å². The van der Waals surface area contributed by atoms with Crippen molar-refractivity contribution < 1.29 is 4.74 Å². The van der Waals surface area contributed by atoms with Crippen LogP contribution in [-0.4, -0.2) is 30.2 Å². The Labute approximate surface area is 176 Å². The van der Waals surface area contributed by atoms with Crippen molar-refractivity contribution in [3.05, 3.63) is 71.3 Å². The van der Waals surface area contributed by atoms with Gasteiger partial charge in [-0.2, -0.15) is 9.97 Å². The molecule has 0 spiro atoms. The van der Waals surface area contributed by atoms with Crippen molar-refractivity contribution in [1.29, 1.82) is 0 Å². The zero-order chi connectivity index (χ0) is 20.3. The van der Waals surface area contributed by atoms with Gasteiger partial charge in [-0.25, -0.2) is 5.43 Å². The van der Waals surface area contributed by atoms with Gasteiger partial charge in [0.1, 0.15) is 11.6 Å². The zero-order valence-corrected chi connectivity index (χ0v) is 17.1. The molecule has 3 aromatic rings. The highest BCUT2D eigenvalue weighted by Crippen LogP contribution is 2.41. The number of benzene rings is 2. The van der Waals surface area contributed by atoms with E-state index in [4.69, 9.17) is 14.7 Å². The monoisotopic (exact) mass is 402 g/mol. The van der Waals surface area contributed by atoms with Gasteiger partial charge in [-0.1, -0.05) is 48.5 Å². The first-order valence-corrected chi connectivity index (χ1v) is 10.4. The van der Waals surface area contributed by atoms with Crippen LogP contribution in [0.4, 0.5) is 17.6 Å². The Hall–Kier alpha value is -3.32. The molecule has 2 aliphatic rings. The summed E-state index contributed by atoms with van der Waals surface area (Å²) < 4.78 is 5.45. The SMILES string of the molecule is COc1ccccc1CCNc1nc2c3c(n1)N(Cc1ccccc1)CCC3NN2. The second-order valence-electron chi connectivity index (χ2n) is 7.64. The number of anilines is 3. The number of hydrogen-bond donors (Lipinski definition) is 3. The molecule has 1 unspecified atom stereocenters. The summed E-state index contributed by atoms with van der Waals surface area (Å²) in [7, 11) is 1.71. The van der Waals surface area contributed by atoms with E-state index in [1.165, 1.54) is 16.7 Å². The zero-order valence-electron chi connectivity index (χ0n) is 17.1. The van der Waals surface area contributed by atoms with E-state index in [9.17, 15) is 0 Å². The summed E-state index contributed by atoms with van der Waals surface area (Å²) in [5.41, 5.74) is 10.2. The first kappa shape index (κ1) is 18.7. The van der Waals surface area contributed by atoms with E-state index in [1.54, 1.807) is 7.11 Å². The maximum atomic E-state index is 5.45. The van der Waals surface area contributed by atoms with E-state index in [2.05, 4.69) is 57.5 Å². The molecule has 0 fully saturated rings. The normalized spacial score (nSPS) is 16.7. The molecular formula is C23H26N6O. The second kappa shape index (κ2) is 8.20. The standard InChI is InChI=1S/C23H26N6O/c1-30-19-10-6-5-9-17(19)11-13-24-23-25-21-20-18(27-28-21)12-14-29(22(20)26-23)15-16-7-3-2-4-8-16/h2-10,18,27H,11-15H2,1H3,(H2,24,25,26,28). The number of methoxy groups -OCH3 is 1. The fraction of sp³-hybridized carbons (Fsp3) is 0.304. The first-order chi connectivity index (χ1) is 14.8. The summed E-state index contributed by atoms with van der Waals surface area (Å²) in [5, 5.41) is 3.40. The van der Waals surface area contributed by atoms with E-state index < -0.39 is 0 Å². The van der Waals surface area contributed by atoms with Gasteiger partial charge in [0, 0.05) is 19.6 Å². The summed E-state index contributed by atoms with van der Waals surface area (Å²) in [6, 6.07) is 18.9. The molecule has 0 radical (unpaired) electrons. The Bertz CT molecular complexity index is 1030. The van der Waals surface area contributed by atoms with Crippen molar-refractivity contribution in [1.82, 2.24) is 15.4 Å². The van der Waals surface area contributed by atoms with Crippen LogP contribution in [0.3, 0.4) is 0 Å². The Morgan fingerprint density at radius 2 is 1.93 bits per heavy atom. The number of hydrogen-bond acceptors (Lipinski definition) is 7. The minimum atomic E-state index is 0.268. The molecule has 0 amide bonds. The highest BCUT2D eigenvalue weighted by molar-refractivity contribution is 5.67. The first-order valence-electron chi connectivity index (χ1n) is 10.4. The van der Waals surface area contributed by atoms with Crippen molar-refractivity contribution in [3.8, 4) is 5.75 Å². The van der Waals surface area contributed by atoms with E-state index in [-0.39, 0.29) is 6.04 Å². The van der Waals surface area contributed by atoms with Gasteiger partial charge >= 0.3 is 0 Å². The lowest BCUT2D eigenvalue weighted by Crippen LogP contribution is -2.34. The molecule has 7 heteroatoms. The minimum Gasteiger partial charge on any atom is -0.496 e. The van der Waals surface area contributed by atoms with E-state index in [1.807, 2.05) is 18.2 Å². The van der Waals surface area contributed by atoms with Crippen LogP contribution < -0.4 is 25.8 Å². The van der Waals surface area contributed by atoms with Gasteiger partial charge < -0.3 is 20.4 Å². The third kappa shape index (κ3) is 3.64. The van der Waals surface area contributed by atoms with Crippen molar-refractivity contribution in [2.75, 3.05) is 35.8 Å². The molecule has 5 rings (SSSR count). The summed E-state index contributed by atoms with van der Waals surface area (Å²) in [5.74, 6) is 3.44. The number of nitrogens with one attached hydrogen (secondary N) is 3. The molecule has 0 saturated carbocycles. The molecule has 0 saturated heterocycles. The maximum absolute atomic E-state index is 5.45. The minimum absolute atomic E-state index is 0.268. The highest BCUT2D eigenvalue weighted by Gasteiger charge is 2.34. The average Bonchev–Trinajstić information content (AvgIpc) is 3.20. The van der Waals surface area contributed by atoms with E-state index in [0.29, 0.717) is 5.95 Å². The van der Waals surface area contributed by atoms with E-state index >= 15 is 0 Å². The van der Waals surface area contributed by atoms with Crippen LogP contribution in [0.15, 0.2) is 54.6 Å². The van der Waals surface area contributed by atoms with Crippen molar-refractivity contribution in [2.45, 2.75) is 25.4 Å². The molecular weight excluding hydrogens is 376 g/mol. The van der Waals surface area contributed by atoms with Crippen LogP contribution in [0.2, 0.25) is 0 Å². The lowest BCUT2D eigenvalue weighted by molar-refractivity contribution is 0.410. The Kier molecular flexibility index (Phi) is 5.11. The third-order valence-electron chi connectivity index (χ3n) is 5.71. The number of para-hydroxylation sites is 1. The molecule has 7 nitrogen and oxygen atoms in total. The molecule has 2 aromatic carbocycles. The predicted octanol–water partition coefficient (Wildman–Crippen LogP) is 3.52. The third-order valence-corrected chi connectivity index (χ3v) is 5.71. The van der Waals surface area contributed by atoms with Gasteiger partial charge in [-0.15, -0.1) is 0 Å². The molecule has 30 heavy (non-hydrogen) atoms. The summed E-state index contributed by atoms with van der Waals surface area (Å²) >= 11 is 0. The summed E-state index contributed by atoms with van der Waals surface area (Å²) in [4.78, 5) is 12.0. The van der Waals surface area contributed by atoms with E-state index in [0.717, 1.165) is 49.9 Å². The lowest BCUT2D eigenvalue weighted by Gasteiger charge is -2.32. The highest BCUT2D eigenvalue weighted by atomic mass is 16.5. The molecule has 3 heterocycles. The Balaban J connectivity index is 1.35. The Morgan fingerprint density at radius 1 is 1.10 bits per heavy atom. The number of nitrogens with zero attached hydrogens (tertiary/aromatic N) is 3. The number of hydrazine groups is 1. The lowest BCUT2D eigenvalue weighted by atomic mass is 10.0. The second-order valence-corrected chi connectivity index (χ2v) is 7.64. The molecule has 1 aromatic heterocycles. The fourth-order valence-corrected chi connectivity index (χ4v) is 4.21. The topological polar surface area (TPSA) is 74.3 Å². The van der Waals surface area contributed by atoms with Crippen molar-refractivity contribution >= 4 is 17.6 Å². The maximum Gasteiger partial charge on any atom is 0.226 e. The average molecular weight is 403 g/mol. The van der Waals surface area contributed by atoms with Crippen LogP contribution in [0.1, 0.15) is 29.2 Å². The molecule has 2 aliphatic heterocycles. The molecule has 3 N–H and O–H groups in total. The molecule has 154 valence electrons. The van der Waals surface area contributed by atoms with Gasteiger partial charge in [0.15, 0.2) is 5.82 Å². The van der Waals surface area contributed by atoms with Crippen LogP contribution in [0, 0.1) is 0 Å². The van der Waals surface area contributed by atoms with Gasteiger partial charge in [0.25, 0.3) is 0 Å². The van der Waals surface area contributed by atoms with Crippen molar-refractivity contribution in [2.24, 2.45) is 0 Å². The summed E-state index contributed by atoms with van der Waals surface area (Å²) in [6.07, 6.45) is 1.87. The van der Waals surface area contributed by atoms with Gasteiger partial charge in [0.2, 0.25) is 5.95 Å². The van der Waals surface area contributed by atoms with Gasteiger partial charge in [0.05, 0.1) is 18.7 Å².